The maximum Gasteiger partial charge on any atom is 0.309 e. The molecule has 1 saturated heterocycles. The lowest BCUT2D eigenvalue weighted by Crippen LogP contribution is -2.40. The van der Waals surface area contributed by atoms with E-state index in [1.54, 1.807) is 41.3 Å². The van der Waals surface area contributed by atoms with Crippen molar-refractivity contribution in [2.24, 2.45) is 5.92 Å². The van der Waals surface area contributed by atoms with E-state index in [4.69, 9.17) is 16.3 Å². The van der Waals surface area contributed by atoms with Crippen molar-refractivity contribution in [3.63, 3.8) is 0 Å². The number of hydrogen-bond donors (Lipinski definition) is 1. The first-order valence-electron chi connectivity index (χ1n) is 9.75. The van der Waals surface area contributed by atoms with Crippen LogP contribution in [0.5, 0.6) is 0 Å². The number of carbonyl (C=O) groups is 3. The van der Waals surface area contributed by atoms with Crippen molar-refractivity contribution in [3.8, 4) is 0 Å². The van der Waals surface area contributed by atoms with E-state index in [9.17, 15) is 14.4 Å². The molecule has 30 heavy (non-hydrogen) atoms. The monoisotopic (exact) mass is 426 g/mol. The Morgan fingerprint density at radius 3 is 2.50 bits per heavy atom. The van der Waals surface area contributed by atoms with E-state index < -0.39 is 11.9 Å². The average Bonchev–Trinajstić information content (AvgIpc) is 2.76. The molecular weight excluding hydrogens is 404 g/mol. The fourth-order valence-corrected chi connectivity index (χ4v) is 3.38. The van der Waals surface area contributed by atoms with E-state index in [-0.39, 0.29) is 18.4 Å². The van der Waals surface area contributed by atoms with E-state index in [1.165, 1.54) is 0 Å². The van der Waals surface area contributed by atoms with Gasteiger partial charge >= 0.3 is 5.97 Å². The van der Waals surface area contributed by atoms with Gasteiger partial charge in [-0.1, -0.05) is 48.0 Å². The van der Waals surface area contributed by atoms with E-state index in [0.717, 1.165) is 5.56 Å². The van der Waals surface area contributed by atoms with Crippen molar-refractivity contribution >= 4 is 41.1 Å². The van der Waals surface area contributed by atoms with Gasteiger partial charge in [0.15, 0.2) is 6.61 Å². The SMILES string of the molecule is O=C(COC(=O)C1CCN(C(=O)/C=C/c2ccccc2)CC1)Nc1cccc(Cl)c1. The number of benzene rings is 2. The summed E-state index contributed by atoms with van der Waals surface area (Å²) in [6.07, 6.45) is 4.36. The second-order valence-electron chi connectivity index (χ2n) is 7.01. The van der Waals surface area contributed by atoms with Gasteiger partial charge < -0.3 is 15.0 Å². The fraction of sp³-hybridized carbons (Fsp3) is 0.261. The Labute approximate surface area is 180 Å². The van der Waals surface area contributed by atoms with Crippen LogP contribution in [0.3, 0.4) is 0 Å². The van der Waals surface area contributed by atoms with Crippen LogP contribution in [0.15, 0.2) is 60.7 Å². The zero-order valence-electron chi connectivity index (χ0n) is 16.4. The Bertz CT molecular complexity index is 922. The fourth-order valence-electron chi connectivity index (χ4n) is 3.19. The smallest absolute Gasteiger partial charge is 0.309 e. The van der Waals surface area contributed by atoms with Crippen molar-refractivity contribution in [1.29, 1.82) is 0 Å². The molecular formula is C23H23ClN2O4. The first-order chi connectivity index (χ1) is 14.5. The molecule has 1 heterocycles. The van der Waals surface area contributed by atoms with E-state index in [2.05, 4.69) is 5.32 Å². The van der Waals surface area contributed by atoms with E-state index >= 15 is 0 Å². The minimum absolute atomic E-state index is 0.0772. The molecule has 1 fully saturated rings. The van der Waals surface area contributed by atoms with Crippen LogP contribution in [0.25, 0.3) is 6.08 Å². The number of halogens is 1. The molecule has 0 radical (unpaired) electrons. The third kappa shape index (κ3) is 6.46. The molecule has 3 rings (SSSR count). The molecule has 2 aromatic rings. The van der Waals surface area contributed by atoms with Crippen molar-refractivity contribution in [3.05, 3.63) is 71.3 Å². The molecule has 7 heteroatoms. The molecule has 0 saturated carbocycles. The number of ether oxygens (including phenoxy) is 1. The van der Waals surface area contributed by atoms with Crippen molar-refractivity contribution < 1.29 is 19.1 Å². The Morgan fingerprint density at radius 1 is 1.07 bits per heavy atom. The maximum absolute atomic E-state index is 12.3. The van der Waals surface area contributed by atoms with Crippen molar-refractivity contribution in [2.45, 2.75) is 12.8 Å². The zero-order chi connectivity index (χ0) is 21.3. The first-order valence-corrected chi connectivity index (χ1v) is 10.1. The maximum atomic E-state index is 12.3. The summed E-state index contributed by atoms with van der Waals surface area (Å²) in [5.74, 6) is -1.23. The third-order valence-corrected chi connectivity index (χ3v) is 5.05. The molecule has 1 aliphatic rings. The summed E-state index contributed by atoms with van der Waals surface area (Å²) in [5.41, 5.74) is 1.50. The Kier molecular flexibility index (Phi) is 7.63. The summed E-state index contributed by atoms with van der Waals surface area (Å²) in [6, 6.07) is 16.3. The standard InChI is InChI=1S/C23H23ClN2O4/c24-19-7-4-8-20(15-19)25-21(27)16-30-23(29)18-11-13-26(14-12-18)22(28)10-9-17-5-2-1-3-6-17/h1-10,15,18H,11-14,16H2,(H,25,27)/b10-9+. The Hall–Kier alpha value is -3.12. The van der Waals surface area contributed by atoms with Crippen molar-refractivity contribution in [2.75, 3.05) is 25.0 Å². The number of hydrogen-bond acceptors (Lipinski definition) is 4. The van der Waals surface area contributed by atoms with Gasteiger partial charge in [-0.3, -0.25) is 14.4 Å². The van der Waals surface area contributed by atoms with Gasteiger partial charge in [-0.2, -0.15) is 0 Å². The molecule has 1 aliphatic heterocycles. The highest BCUT2D eigenvalue weighted by molar-refractivity contribution is 6.30. The van der Waals surface area contributed by atoms with Gasteiger partial charge in [0, 0.05) is 29.9 Å². The number of piperidine rings is 1. The second-order valence-corrected chi connectivity index (χ2v) is 7.45. The number of anilines is 1. The van der Waals surface area contributed by atoms with Crippen LogP contribution in [0.1, 0.15) is 18.4 Å². The van der Waals surface area contributed by atoms with Crippen LogP contribution in [0, 0.1) is 5.92 Å². The normalized spacial score (nSPS) is 14.5. The van der Waals surface area contributed by atoms with Crippen LogP contribution < -0.4 is 5.32 Å². The van der Waals surface area contributed by atoms with Crippen LogP contribution >= 0.6 is 11.6 Å². The number of nitrogens with zero attached hydrogens (tertiary/aromatic N) is 1. The summed E-state index contributed by atoms with van der Waals surface area (Å²) in [5, 5.41) is 3.13. The lowest BCUT2D eigenvalue weighted by atomic mass is 9.97. The van der Waals surface area contributed by atoms with Gasteiger partial charge in [0.2, 0.25) is 5.91 Å². The number of rotatable bonds is 6. The first kappa shape index (κ1) is 21.6. The largest absolute Gasteiger partial charge is 0.455 e. The number of carbonyl (C=O) groups excluding carboxylic acids is 3. The lowest BCUT2D eigenvalue weighted by molar-refractivity contribution is -0.153. The number of likely N-dealkylation sites (tertiary alicyclic amines) is 1. The molecule has 0 spiro atoms. The molecule has 0 aromatic heterocycles. The third-order valence-electron chi connectivity index (χ3n) is 4.81. The second kappa shape index (κ2) is 10.6. The minimum atomic E-state index is -0.427. The van der Waals surface area contributed by atoms with Crippen LogP contribution in [-0.4, -0.2) is 42.4 Å². The molecule has 2 amide bonds. The Balaban J connectivity index is 1.40. The summed E-state index contributed by atoms with van der Waals surface area (Å²) in [4.78, 5) is 38.2. The van der Waals surface area contributed by atoms with Gasteiger partial charge in [-0.15, -0.1) is 0 Å². The van der Waals surface area contributed by atoms with Crippen LogP contribution in [0.2, 0.25) is 5.02 Å². The quantitative estimate of drug-likeness (QED) is 0.563. The van der Waals surface area contributed by atoms with Crippen molar-refractivity contribution in [1.82, 2.24) is 4.90 Å². The molecule has 0 aliphatic carbocycles. The highest BCUT2D eigenvalue weighted by atomic mass is 35.5. The van der Waals surface area contributed by atoms with Gasteiger partial charge in [0.1, 0.15) is 0 Å². The summed E-state index contributed by atoms with van der Waals surface area (Å²) in [6.45, 7) is 0.600. The highest BCUT2D eigenvalue weighted by Crippen LogP contribution is 2.19. The predicted octanol–water partition coefficient (Wildman–Crippen LogP) is 3.77. The number of esters is 1. The molecule has 0 unspecified atom stereocenters. The van der Waals surface area contributed by atoms with E-state index in [0.29, 0.717) is 36.6 Å². The zero-order valence-corrected chi connectivity index (χ0v) is 17.2. The van der Waals surface area contributed by atoms with Gasteiger partial charge in [0.25, 0.3) is 5.91 Å². The molecule has 1 N–H and O–H groups in total. The number of amides is 2. The molecule has 6 nitrogen and oxygen atoms in total. The predicted molar refractivity (Wildman–Crippen MR) is 116 cm³/mol. The summed E-state index contributed by atoms with van der Waals surface area (Å²) in [7, 11) is 0. The van der Waals surface area contributed by atoms with Gasteiger partial charge in [-0.05, 0) is 42.7 Å². The Morgan fingerprint density at radius 2 is 1.80 bits per heavy atom. The van der Waals surface area contributed by atoms with Gasteiger partial charge in [-0.25, -0.2) is 0 Å². The summed E-state index contributed by atoms with van der Waals surface area (Å²) >= 11 is 5.87. The summed E-state index contributed by atoms with van der Waals surface area (Å²) < 4.78 is 5.15. The van der Waals surface area contributed by atoms with E-state index in [1.807, 2.05) is 30.3 Å². The minimum Gasteiger partial charge on any atom is -0.455 e. The van der Waals surface area contributed by atoms with Gasteiger partial charge in [0.05, 0.1) is 5.92 Å². The van der Waals surface area contributed by atoms with Crippen LogP contribution in [-0.2, 0) is 19.1 Å². The molecule has 2 aromatic carbocycles. The highest BCUT2D eigenvalue weighted by Gasteiger charge is 2.28. The molecule has 0 atom stereocenters. The lowest BCUT2D eigenvalue weighted by Gasteiger charge is -2.30. The number of nitrogens with one attached hydrogen (secondary N) is 1. The molecule has 0 bridgehead atoms. The average molecular weight is 427 g/mol. The topological polar surface area (TPSA) is 75.7 Å². The van der Waals surface area contributed by atoms with Crippen LogP contribution in [0.4, 0.5) is 5.69 Å². The molecule has 156 valence electrons.